The lowest BCUT2D eigenvalue weighted by Gasteiger charge is -2.09. The van der Waals surface area contributed by atoms with Crippen LogP contribution in [-0.4, -0.2) is 15.1 Å². The van der Waals surface area contributed by atoms with Crippen molar-refractivity contribution in [2.75, 3.05) is 5.73 Å². The maximum atomic E-state index is 5.70. The molecule has 0 bridgehead atoms. The van der Waals surface area contributed by atoms with Crippen molar-refractivity contribution in [1.82, 2.24) is 15.1 Å². The van der Waals surface area contributed by atoms with Gasteiger partial charge in [-0.15, -0.1) is 0 Å². The Labute approximate surface area is 122 Å². The van der Waals surface area contributed by atoms with E-state index in [-0.39, 0.29) is 5.92 Å². The maximum absolute atomic E-state index is 5.70. The number of hydrogen-bond acceptors (Lipinski definition) is 5. The van der Waals surface area contributed by atoms with Gasteiger partial charge in [0, 0.05) is 30.1 Å². The first-order valence-electron chi connectivity index (χ1n) is 6.81. The quantitative estimate of drug-likeness (QED) is 0.743. The zero-order valence-corrected chi connectivity index (χ0v) is 11.7. The molecule has 1 unspecified atom stereocenters. The van der Waals surface area contributed by atoms with Crippen molar-refractivity contribution in [2.45, 2.75) is 19.3 Å². The van der Waals surface area contributed by atoms with Crippen LogP contribution in [0.2, 0.25) is 0 Å². The molecular weight excluding hydrogens is 264 g/mol. The average Bonchev–Trinajstić information content (AvgIpc) is 2.97. The molecule has 0 aliphatic carbocycles. The van der Waals surface area contributed by atoms with Crippen molar-refractivity contribution >= 4 is 5.69 Å². The number of hydrogen-bond donors (Lipinski definition) is 1. The second-order valence-corrected chi connectivity index (χ2v) is 5.03. The molecule has 2 heterocycles. The number of nitrogen functional groups attached to an aromatic ring is 1. The smallest absolute Gasteiger partial charge is 0.227 e. The summed E-state index contributed by atoms with van der Waals surface area (Å²) in [4.78, 5) is 8.47. The predicted molar refractivity (Wildman–Crippen MR) is 80.5 cm³/mol. The molecule has 0 aliphatic rings. The molecule has 2 aromatic heterocycles. The van der Waals surface area contributed by atoms with E-state index >= 15 is 0 Å². The van der Waals surface area contributed by atoms with Gasteiger partial charge in [-0.25, -0.2) is 0 Å². The number of anilines is 1. The van der Waals surface area contributed by atoms with Crippen molar-refractivity contribution in [3.63, 3.8) is 0 Å². The molecule has 0 spiro atoms. The summed E-state index contributed by atoms with van der Waals surface area (Å²) < 4.78 is 5.32. The first-order chi connectivity index (χ1) is 10.2. The third-order valence-corrected chi connectivity index (χ3v) is 3.37. The second-order valence-electron chi connectivity index (χ2n) is 5.03. The summed E-state index contributed by atoms with van der Waals surface area (Å²) in [6.45, 7) is 2.12. The van der Waals surface area contributed by atoms with E-state index in [1.165, 1.54) is 5.56 Å². The Kier molecular flexibility index (Phi) is 3.64. The zero-order valence-electron chi connectivity index (χ0n) is 11.7. The number of aromatic nitrogens is 3. The molecule has 0 saturated heterocycles. The molecule has 0 fully saturated rings. The summed E-state index contributed by atoms with van der Waals surface area (Å²) in [6.07, 6.45) is 4.13. The minimum Gasteiger partial charge on any atom is -0.399 e. The number of rotatable bonds is 4. The van der Waals surface area contributed by atoms with Gasteiger partial charge in [-0.1, -0.05) is 24.2 Å². The van der Waals surface area contributed by atoms with Gasteiger partial charge in [-0.2, -0.15) is 4.98 Å². The van der Waals surface area contributed by atoms with E-state index in [1.54, 1.807) is 12.4 Å². The lowest BCUT2D eigenvalue weighted by Crippen LogP contribution is -1.99. The molecule has 0 amide bonds. The van der Waals surface area contributed by atoms with Crippen LogP contribution in [0.25, 0.3) is 11.4 Å². The lowest BCUT2D eigenvalue weighted by atomic mass is 9.98. The van der Waals surface area contributed by atoms with Crippen LogP contribution in [0.5, 0.6) is 0 Å². The molecular formula is C16H16N4O. The van der Waals surface area contributed by atoms with E-state index in [0.717, 1.165) is 11.3 Å². The summed E-state index contributed by atoms with van der Waals surface area (Å²) in [5.41, 5.74) is 8.52. The fourth-order valence-corrected chi connectivity index (χ4v) is 2.15. The molecule has 5 nitrogen and oxygen atoms in total. The maximum Gasteiger partial charge on any atom is 0.227 e. The van der Waals surface area contributed by atoms with E-state index < -0.39 is 0 Å². The minimum absolute atomic E-state index is 0.285. The second kappa shape index (κ2) is 5.75. The van der Waals surface area contributed by atoms with Gasteiger partial charge in [0.2, 0.25) is 11.7 Å². The minimum atomic E-state index is 0.285. The molecule has 106 valence electrons. The van der Waals surface area contributed by atoms with Gasteiger partial charge in [-0.3, -0.25) is 4.98 Å². The largest absolute Gasteiger partial charge is 0.399 e. The summed E-state index contributed by atoms with van der Waals surface area (Å²) in [7, 11) is 0. The Bertz CT molecular complexity index is 707. The van der Waals surface area contributed by atoms with Gasteiger partial charge < -0.3 is 10.3 Å². The van der Waals surface area contributed by atoms with Crippen LogP contribution in [-0.2, 0) is 6.42 Å². The fraction of sp³-hybridized carbons (Fsp3) is 0.188. The Hall–Kier alpha value is -2.69. The first-order valence-corrected chi connectivity index (χ1v) is 6.81. The van der Waals surface area contributed by atoms with Crippen molar-refractivity contribution in [1.29, 1.82) is 0 Å². The van der Waals surface area contributed by atoms with Crippen molar-refractivity contribution in [3.05, 3.63) is 60.2 Å². The van der Waals surface area contributed by atoms with Crippen molar-refractivity contribution < 1.29 is 4.52 Å². The Morgan fingerprint density at radius 1 is 1.19 bits per heavy atom. The molecule has 2 N–H and O–H groups in total. The standard InChI is InChI=1S/C16H16N4O/c1-11(12-4-6-14(17)7-5-12)9-15-19-16(20-21-15)13-3-2-8-18-10-13/h2-8,10-11H,9,17H2,1H3. The van der Waals surface area contributed by atoms with E-state index in [4.69, 9.17) is 10.3 Å². The van der Waals surface area contributed by atoms with E-state index in [9.17, 15) is 0 Å². The van der Waals surface area contributed by atoms with Gasteiger partial charge >= 0.3 is 0 Å². The zero-order chi connectivity index (χ0) is 14.7. The molecule has 3 rings (SSSR count). The van der Waals surface area contributed by atoms with E-state index in [2.05, 4.69) is 22.0 Å². The molecule has 1 aromatic carbocycles. The van der Waals surface area contributed by atoms with Crippen molar-refractivity contribution in [2.24, 2.45) is 0 Å². The van der Waals surface area contributed by atoms with Crippen LogP contribution in [0, 0.1) is 0 Å². The molecule has 3 aromatic rings. The lowest BCUT2D eigenvalue weighted by molar-refractivity contribution is 0.372. The highest BCUT2D eigenvalue weighted by Crippen LogP contribution is 2.22. The fourth-order valence-electron chi connectivity index (χ4n) is 2.15. The molecule has 0 aliphatic heterocycles. The van der Waals surface area contributed by atoms with Crippen LogP contribution in [0.3, 0.4) is 0 Å². The highest BCUT2D eigenvalue weighted by Gasteiger charge is 2.13. The Morgan fingerprint density at radius 2 is 2.00 bits per heavy atom. The summed E-state index contributed by atoms with van der Waals surface area (Å²) >= 11 is 0. The number of benzene rings is 1. The topological polar surface area (TPSA) is 77.8 Å². The highest BCUT2D eigenvalue weighted by molar-refractivity contribution is 5.51. The van der Waals surface area contributed by atoms with Crippen LogP contribution in [0.15, 0.2) is 53.3 Å². The average molecular weight is 280 g/mol. The SMILES string of the molecule is CC(Cc1nc(-c2cccnc2)no1)c1ccc(N)cc1. The predicted octanol–water partition coefficient (Wildman–Crippen LogP) is 3.06. The third kappa shape index (κ3) is 3.08. The molecule has 21 heavy (non-hydrogen) atoms. The van der Waals surface area contributed by atoms with Crippen LogP contribution in [0.4, 0.5) is 5.69 Å². The van der Waals surface area contributed by atoms with Crippen molar-refractivity contribution in [3.8, 4) is 11.4 Å². The number of pyridine rings is 1. The Balaban J connectivity index is 1.74. The summed E-state index contributed by atoms with van der Waals surface area (Å²) in [5, 5.41) is 4.00. The molecule has 0 radical (unpaired) electrons. The normalized spacial score (nSPS) is 12.2. The third-order valence-electron chi connectivity index (χ3n) is 3.37. The molecule has 0 saturated carbocycles. The molecule has 1 atom stereocenters. The number of nitrogens with zero attached hydrogens (tertiary/aromatic N) is 3. The van der Waals surface area contributed by atoms with Crippen LogP contribution < -0.4 is 5.73 Å². The van der Waals surface area contributed by atoms with Gasteiger partial charge in [0.15, 0.2) is 0 Å². The van der Waals surface area contributed by atoms with E-state index in [0.29, 0.717) is 18.1 Å². The van der Waals surface area contributed by atoms with Gasteiger partial charge in [0.25, 0.3) is 0 Å². The first kappa shape index (κ1) is 13.3. The van der Waals surface area contributed by atoms with Gasteiger partial charge in [0.1, 0.15) is 0 Å². The summed E-state index contributed by atoms with van der Waals surface area (Å²) in [5.74, 6) is 1.48. The summed E-state index contributed by atoms with van der Waals surface area (Å²) in [6, 6.07) is 11.6. The van der Waals surface area contributed by atoms with Crippen LogP contribution in [0.1, 0.15) is 24.3 Å². The highest BCUT2D eigenvalue weighted by atomic mass is 16.5. The Morgan fingerprint density at radius 3 is 2.71 bits per heavy atom. The van der Waals surface area contributed by atoms with Gasteiger partial charge in [0.05, 0.1) is 0 Å². The molecule has 5 heteroatoms. The van der Waals surface area contributed by atoms with E-state index in [1.807, 2.05) is 36.4 Å². The monoisotopic (exact) mass is 280 g/mol. The van der Waals surface area contributed by atoms with Crippen LogP contribution >= 0.6 is 0 Å². The number of nitrogens with two attached hydrogens (primary N) is 1. The van der Waals surface area contributed by atoms with Gasteiger partial charge in [-0.05, 0) is 35.7 Å².